The number of thioether (sulfide) groups is 1. The maximum absolute atomic E-state index is 5.72. The second-order valence-electron chi connectivity index (χ2n) is 5.96. The van der Waals surface area contributed by atoms with Gasteiger partial charge in [0.25, 0.3) is 0 Å². The van der Waals surface area contributed by atoms with E-state index in [-0.39, 0.29) is 0 Å². The summed E-state index contributed by atoms with van der Waals surface area (Å²) in [5.74, 6) is 0. The number of aryl methyl sites for hydroxylation is 1. The Labute approximate surface area is 168 Å². The number of benzene rings is 2. The molecule has 0 N–H and O–H groups in total. The first kappa shape index (κ1) is 20.5. The first-order valence-electron chi connectivity index (χ1n) is 8.77. The van der Waals surface area contributed by atoms with E-state index in [2.05, 4.69) is 80.3 Å². The molecular weight excluding hydrogens is 409 g/mol. The first-order valence-corrected chi connectivity index (χ1v) is 12.5. The molecule has 1 nitrogen and oxygen atoms in total. The SMILES string of the molecule is CCN(CC)C(=S)SC(C[Se]Cc1ccccc1)c1ccc(C)cc1. The minimum absolute atomic E-state index is 0.456. The van der Waals surface area contributed by atoms with Crippen LogP contribution in [0.15, 0.2) is 54.6 Å². The van der Waals surface area contributed by atoms with Crippen LogP contribution in [-0.2, 0) is 5.32 Å². The molecule has 0 amide bonds. The summed E-state index contributed by atoms with van der Waals surface area (Å²) in [6, 6.07) is 19.8. The van der Waals surface area contributed by atoms with Gasteiger partial charge in [-0.1, -0.05) is 0 Å². The van der Waals surface area contributed by atoms with Crippen LogP contribution in [0.3, 0.4) is 0 Å². The Kier molecular flexibility index (Phi) is 9.05. The molecule has 1 atom stereocenters. The van der Waals surface area contributed by atoms with E-state index in [9.17, 15) is 0 Å². The summed E-state index contributed by atoms with van der Waals surface area (Å²) in [7, 11) is 0. The van der Waals surface area contributed by atoms with Gasteiger partial charge in [0.1, 0.15) is 0 Å². The van der Waals surface area contributed by atoms with Gasteiger partial charge in [0, 0.05) is 0 Å². The van der Waals surface area contributed by atoms with Crippen LogP contribution < -0.4 is 0 Å². The molecule has 0 aliphatic carbocycles. The molecule has 0 aromatic heterocycles. The second-order valence-corrected chi connectivity index (χ2v) is 9.95. The standard InChI is InChI=1S/C21H27NS2Se/c1-4-22(5-2)21(23)24-20(19-13-11-17(3)12-14-19)16-25-15-18-9-7-6-8-10-18/h6-14,20H,4-5,15-16H2,1-3H3. The van der Waals surface area contributed by atoms with E-state index in [0.717, 1.165) is 17.4 Å². The van der Waals surface area contributed by atoms with Crippen molar-refractivity contribution < 1.29 is 0 Å². The zero-order valence-corrected chi connectivity index (χ0v) is 18.6. The summed E-state index contributed by atoms with van der Waals surface area (Å²) in [4.78, 5) is 2.28. The summed E-state index contributed by atoms with van der Waals surface area (Å²) < 4.78 is 1.03. The Morgan fingerprint density at radius 2 is 1.68 bits per heavy atom. The van der Waals surface area contributed by atoms with E-state index < -0.39 is 0 Å². The van der Waals surface area contributed by atoms with Gasteiger partial charge in [-0.25, -0.2) is 0 Å². The van der Waals surface area contributed by atoms with Crippen molar-refractivity contribution in [3.63, 3.8) is 0 Å². The fourth-order valence-electron chi connectivity index (χ4n) is 2.52. The third-order valence-corrected chi connectivity index (χ3v) is 8.62. The predicted octanol–water partition coefficient (Wildman–Crippen LogP) is 5.72. The average molecular weight is 437 g/mol. The van der Waals surface area contributed by atoms with Gasteiger partial charge in [-0.3, -0.25) is 0 Å². The van der Waals surface area contributed by atoms with Crippen LogP contribution in [-0.4, -0.2) is 37.3 Å². The van der Waals surface area contributed by atoms with Gasteiger partial charge in [0.15, 0.2) is 0 Å². The zero-order chi connectivity index (χ0) is 18.1. The molecule has 0 spiro atoms. The molecule has 0 bridgehead atoms. The van der Waals surface area contributed by atoms with Crippen LogP contribution in [0.4, 0.5) is 0 Å². The maximum atomic E-state index is 5.72. The van der Waals surface area contributed by atoms with Gasteiger partial charge in [-0.05, 0) is 0 Å². The van der Waals surface area contributed by atoms with E-state index in [0.29, 0.717) is 20.2 Å². The summed E-state index contributed by atoms with van der Waals surface area (Å²) >= 11 is 8.16. The van der Waals surface area contributed by atoms with E-state index in [1.54, 1.807) is 0 Å². The van der Waals surface area contributed by atoms with E-state index in [1.165, 1.54) is 27.3 Å². The Bertz CT molecular complexity index is 639. The van der Waals surface area contributed by atoms with Crippen molar-refractivity contribution in [1.29, 1.82) is 0 Å². The molecule has 134 valence electrons. The van der Waals surface area contributed by atoms with Crippen molar-refractivity contribution in [2.24, 2.45) is 0 Å². The molecule has 0 aliphatic heterocycles. The van der Waals surface area contributed by atoms with Crippen LogP contribution in [0, 0.1) is 6.92 Å². The molecule has 2 aromatic carbocycles. The average Bonchev–Trinajstić information content (AvgIpc) is 2.63. The summed E-state index contributed by atoms with van der Waals surface area (Å²) in [5, 5.41) is 2.85. The Morgan fingerprint density at radius 1 is 1.04 bits per heavy atom. The van der Waals surface area contributed by atoms with Crippen LogP contribution in [0.2, 0.25) is 5.32 Å². The number of hydrogen-bond acceptors (Lipinski definition) is 2. The molecule has 2 rings (SSSR count). The number of rotatable bonds is 8. The monoisotopic (exact) mass is 437 g/mol. The molecule has 4 heteroatoms. The number of hydrogen-bond donors (Lipinski definition) is 0. The molecule has 0 radical (unpaired) electrons. The van der Waals surface area contributed by atoms with Crippen LogP contribution in [0.25, 0.3) is 0 Å². The molecule has 1 unspecified atom stereocenters. The Morgan fingerprint density at radius 3 is 2.28 bits per heavy atom. The van der Waals surface area contributed by atoms with Gasteiger partial charge in [-0.2, -0.15) is 0 Å². The fraction of sp³-hybridized carbons (Fsp3) is 0.381. The minimum atomic E-state index is 0.456. The van der Waals surface area contributed by atoms with Crippen molar-refractivity contribution >= 4 is 43.3 Å². The summed E-state index contributed by atoms with van der Waals surface area (Å²) in [5.41, 5.74) is 4.16. The van der Waals surface area contributed by atoms with Crippen molar-refractivity contribution in [2.45, 2.75) is 36.7 Å². The van der Waals surface area contributed by atoms with Crippen LogP contribution >= 0.6 is 24.0 Å². The number of nitrogens with zero attached hydrogens (tertiary/aromatic N) is 1. The molecule has 0 saturated heterocycles. The normalized spacial score (nSPS) is 12.0. The predicted molar refractivity (Wildman–Crippen MR) is 118 cm³/mol. The molecule has 2 aromatic rings. The quantitative estimate of drug-likeness (QED) is 0.385. The van der Waals surface area contributed by atoms with E-state index >= 15 is 0 Å². The van der Waals surface area contributed by atoms with E-state index in [4.69, 9.17) is 12.2 Å². The van der Waals surface area contributed by atoms with Crippen LogP contribution in [0.5, 0.6) is 0 Å². The zero-order valence-electron chi connectivity index (χ0n) is 15.3. The molecule has 0 saturated carbocycles. The topological polar surface area (TPSA) is 3.24 Å². The first-order chi connectivity index (χ1) is 12.1. The fourth-order valence-corrected chi connectivity index (χ4v) is 7.06. The summed E-state index contributed by atoms with van der Waals surface area (Å²) in [6.45, 7) is 8.47. The third-order valence-electron chi connectivity index (χ3n) is 4.09. The Hall–Kier alpha value is -0.801. The molecule has 0 fully saturated rings. The van der Waals surface area contributed by atoms with Gasteiger partial charge in [0.2, 0.25) is 0 Å². The molecular formula is C21H27NS2Se. The van der Waals surface area contributed by atoms with Gasteiger partial charge < -0.3 is 0 Å². The Balaban J connectivity index is 2.03. The van der Waals surface area contributed by atoms with E-state index in [1.807, 2.05) is 11.8 Å². The van der Waals surface area contributed by atoms with Crippen molar-refractivity contribution in [2.75, 3.05) is 13.1 Å². The second kappa shape index (κ2) is 11.0. The van der Waals surface area contributed by atoms with Crippen molar-refractivity contribution in [1.82, 2.24) is 4.90 Å². The molecule has 25 heavy (non-hydrogen) atoms. The van der Waals surface area contributed by atoms with Gasteiger partial charge in [-0.15, -0.1) is 0 Å². The third kappa shape index (κ3) is 6.79. The molecule has 0 aliphatic rings. The number of thiocarbonyl (C=S) groups is 1. The van der Waals surface area contributed by atoms with Crippen molar-refractivity contribution in [3.8, 4) is 0 Å². The van der Waals surface area contributed by atoms with Gasteiger partial charge in [0.05, 0.1) is 0 Å². The van der Waals surface area contributed by atoms with Crippen molar-refractivity contribution in [3.05, 3.63) is 71.3 Å². The van der Waals surface area contributed by atoms with Crippen LogP contribution in [0.1, 0.15) is 35.8 Å². The summed E-state index contributed by atoms with van der Waals surface area (Å²) in [6.07, 6.45) is 0. The molecule has 0 heterocycles. The van der Waals surface area contributed by atoms with Gasteiger partial charge >= 0.3 is 169 Å².